The van der Waals surface area contributed by atoms with Crippen LogP contribution < -0.4 is 31.1 Å². The Labute approximate surface area is 319 Å². The second-order valence-electron chi connectivity index (χ2n) is 15.1. The van der Waals surface area contributed by atoms with Gasteiger partial charge in [-0.2, -0.15) is 0 Å². The van der Waals surface area contributed by atoms with Gasteiger partial charge in [0.2, 0.25) is 8.07 Å². The number of benzene rings is 4. The van der Waals surface area contributed by atoms with Gasteiger partial charge in [0.25, 0.3) is 0 Å². The molecule has 8 aromatic rings. The maximum absolute atomic E-state index is 5.49. The fraction of sp³-hybridized carbons (Fsp3) is 0.178. The average Bonchev–Trinajstić information content (AvgIpc) is 3.94. The molecule has 0 radical (unpaired) electrons. The van der Waals surface area contributed by atoms with E-state index >= 15 is 0 Å². The van der Waals surface area contributed by atoms with Crippen LogP contribution in [0.5, 0.6) is 0 Å². The van der Waals surface area contributed by atoms with Gasteiger partial charge in [0.1, 0.15) is 0 Å². The van der Waals surface area contributed by atoms with E-state index in [1.54, 1.807) is 0 Å². The number of para-hydroxylation sites is 2. The normalized spacial score (nSPS) is 19.7. The topological polar surface area (TPSA) is 66.9 Å². The van der Waals surface area contributed by atoms with E-state index in [0.717, 1.165) is 33.1 Å². The minimum Gasteiger partial charge on any atom is -0.657 e. The van der Waals surface area contributed by atoms with Crippen molar-refractivity contribution in [1.82, 2.24) is 25.1 Å². The van der Waals surface area contributed by atoms with Gasteiger partial charge in [0.15, 0.2) is 0 Å². The molecule has 4 aromatic carbocycles. The van der Waals surface area contributed by atoms with Crippen LogP contribution in [0.1, 0.15) is 50.8 Å². The Morgan fingerprint density at radius 1 is 0.654 bits per heavy atom. The van der Waals surface area contributed by atoms with Gasteiger partial charge < -0.3 is 15.2 Å². The van der Waals surface area contributed by atoms with Crippen LogP contribution >= 0.6 is 0 Å². The zero-order valence-electron chi connectivity index (χ0n) is 29.3. The van der Waals surface area contributed by atoms with Crippen molar-refractivity contribution in [2.75, 3.05) is 0 Å². The van der Waals surface area contributed by atoms with Gasteiger partial charge >= 0.3 is 21.1 Å². The first-order valence-electron chi connectivity index (χ1n) is 18.0. The van der Waals surface area contributed by atoms with Crippen LogP contribution in [0, 0.1) is 5.41 Å². The number of hydrogen-bond acceptors (Lipinski definition) is 3. The smallest absolute Gasteiger partial charge is 0.657 e. The third kappa shape index (κ3) is 4.40. The van der Waals surface area contributed by atoms with Gasteiger partial charge in [-0.25, -0.2) is 0 Å². The number of nitrogens with zero attached hydrogens (tertiary/aromatic N) is 5. The monoisotopic (exact) mass is 870 g/mol. The summed E-state index contributed by atoms with van der Waals surface area (Å²) in [4.78, 5) is 15.0. The Bertz CT molecular complexity index is 2530. The predicted octanol–water partition coefficient (Wildman–Crippen LogP) is 6.98. The van der Waals surface area contributed by atoms with Crippen molar-refractivity contribution in [2.45, 2.75) is 44.9 Å². The Morgan fingerprint density at radius 2 is 1.25 bits per heavy atom. The summed E-state index contributed by atoms with van der Waals surface area (Å²) in [6.07, 6.45) is 4.31. The van der Waals surface area contributed by atoms with Crippen LogP contribution in [0.15, 0.2) is 140 Å². The molecule has 2 bridgehead atoms. The summed E-state index contributed by atoms with van der Waals surface area (Å²) in [7, 11) is -2.73. The molecule has 2 aliphatic carbocycles. The Balaban J connectivity index is 0.000000216. The standard InChI is InChI=1S/C33H29N4Si.C12H8N.Pt/c1-32(2)23-18-19-33(32,3)31-29(23)30(36-37-31)24-13-10-17-28(35-24)38(27-16-8-9-20-34-27)25-14-6-4-11-21(25)22-12-5-7-15-26(22)38;1-3-7-11-9(5-1)10-6-2-4-8-12(10)13-11;/h4-17,20,23H,18-19H2,1-3H3;1-8H;/q2*-1;+2. The van der Waals surface area contributed by atoms with E-state index < -0.39 is 8.07 Å². The molecule has 1 fully saturated rings. The van der Waals surface area contributed by atoms with Crippen molar-refractivity contribution in [3.8, 4) is 22.5 Å². The van der Waals surface area contributed by atoms with E-state index in [-0.39, 0.29) is 31.9 Å². The third-order valence-corrected chi connectivity index (χ3v) is 17.2. The van der Waals surface area contributed by atoms with Crippen LogP contribution in [-0.2, 0) is 26.5 Å². The summed E-state index contributed by atoms with van der Waals surface area (Å²) in [5.74, 6) is 0.480. The van der Waals surface area contributed by atoms with Crippen LogP contribution in [0.25, 0.3) is 44.3 Å². The van der Waals surface area contributed by atoms with E-state index in [9.17, 15) is 0 Å². The molecule has 2 atom stereocenters. The van der Waals surface area contributed by atoms with Gasteiger partial charge in [-0.3, -0.25) is 9.97 Å². The van der Waals surface area contributed by atoms with E-state index in [1.807, 2.05) is 24.4 Å². The third-order valence-electron chi connectivity index (χ3n) is 12.6. The summed E-state index contributed by atoms with van der Waals surface area (Å²) in [5, 5.41) is 17.0. The van der Waals surface area contributed by atoms with Crippen LogP contribution in [0.2, 0.25) is 0 Å². The van der Waals surface area contributed by atoms with Crippen LogP contribution in [-0.4, -0.2) is 23.1 Å². The van der Waals surface area contributed by atoms with E-state index in [4.69, 9.17) is 20.2 Å². The second-order valence-corrected chi connectivity index (χ2v) is 18.7. The second kappa shape index (κ2) is 12.1. The fourth-order valence-corrected chi connectivity index (χ4v) is 14.5. The van der Waals surface area contributed by atoms with Gasteiger partial charge in [-0.15, -0.1) is 11.0 Å². The fourth-order valence-electron chi connectivity index (χ4n) is 9.68. The molecular formula is C45H37N5PtSi. The first-order chi connectivity index (χ1) is 24.9. The summed E-state index contributed by atoms with van der Waals surface area (Å²) in [6, 6.07) is 47.0. The van der Waals surface area contributed by atoms with E-state index in [1.165, 1.54) is 56.4 Å². The SMILES string of the molecule is CC12CCC(c3c1n[n-]c3-c1cccc([Si]3(c4ccccn4)c4ccccc4-c4ccccc43)n1)C2(C)C.[Pt+2].c1ccc2c(c1)[n-]c1ccccc12. The Kier molecular flexibility index (Phi) is 7.66. The number of hydrogen-bond donors (Lipinski definition) is 0. The number of aromatic nitrogens is 5. The molecule has 52 heavy (non-hydrogen) atoms. The van der Waals surface area contributed by atoms with Crippen molar-refractivity contribution in [3.63, 3.8) is 0 Å². The number of pyridine rings is 2. The maximum atomic E-state index is 5.49. The van der Waals surface area contributed by atoms with Crippen molar-refractivity contribution in [2.24, 2.45) is 5.41 Å². The zero-order valence-corrected chi connectivity index (χ0v) is 32.6. The largest absolute Gasteiger partial charge is 2.00 e. The van der Waals surface area contributed by atoms with Crippen LogP contribution in [0.4, 0.5) is 0 Å². The molecule has 256 valence electrons. The predicted molar refractivity (Wildman–Crippen MR) is 209 cm³/mol. The van der Waals surface area contributed by atoms with E-state index in [2.05, 4.69) is 141 Å². The van der Waals surface area contributed by atoms with Gasteiger partial charge in [0, 0.05) is 33.6 Å². The summed E-state index contributed by atoms with van der Waals surface area (Å²) in [6.45, 7) is 7.21. The van der Waals surface area contributed by atoms with Gasteiger partial charge in [-0.05, 0) is 86.3 Å². The van der Waals surface area contributed by atoms with Gasteiger partial charge in [-0.1, -0.05) is 136 Å². The molecule has 0 N–H and O–H groups in total. The van der Waals surface area contributed by atoms with Crippen molar-refractivity contribution < 1.29 is 21.1 Å². The number of fused-ring (bicyclic) bond motifs is 11. The minimum atomic E-state index is -2.73. The molecule has 0 amide bonds. The van der Waals surface area contributed by atoms with Crippen molar-refractivity contribution in [3.05, 3.63) is 151 Å². The summed E-state index contributed by atoms with van der Waals surface area (Å²) < 4.78 is 0. The van der Waals surface area contributed by atoms with E-state index in [0.29, 0.717) is 5.92 Å². The minimum absolute atomic E-state index is 0. The molecule has 4 aromatic heterocycles. The summed E-state index contributed by atoms with van der Waals surface area (Å²) >= 11 is 0. The molecule has 0 spiro atoms. The number of rotatable bonds is 3. The Morgan fingerprint density at radius 3 is 1.90 bits per heavy atom. The molecule has 3 aliphatic rings. The average molecular weight is 871 g/mol. The molecular weight excluding hydrogens is 834 g/mol. The zero-order chi connectivity index (χ0) is 34.4. The molecule has 11 rings (SSSR count). The Hall–Kier alpha value is -4.90. The first-order valence-corrected chi connectivity index (χ1v) is 20.0. The van der Waals surface area contributed by atoms with Gasteiger partial charge in [0.05, 0.1) is 0 Å². The van der Waals surface area contributed by atoms with Crippen molar-refractivity contribution in [1.29, 1.82) is 0 Å². The summed E-state index contributed by atoms with van der Waals surface area (Å²) in [5.41, 5.74) is 9.51. The molecule has 2 unspecified atom stereocenters. The molecule has 7 heteroatoms. The quantitative estimate of drug-likeness (QED) is 0.180. The molecule has 0 saturated heterocycles. The first kappa shape index (κ1) is 33.0. The maximum Gasteiger partial charge on any atom is 2.00 e. The van der Waals surface area contributed by atoms with Crippen molar-refractivity contribution >= 4 is 50.9 Å². The van der Waals surface area contributed by atoms with Crippen LogP contribution in [0.3, 0.4) is 0 Å². The molecule has 1 saturated carbocycles. The molecule has 5 heterocycles. The molecule has 5 nitrogen and oxygen atoms in total. The molecule has 1 aliphatic heterocycles.